The highest BCUT2D eigenvalue weighted by atomic mass is 19.2. The second-order valence-electron chi connectivity index (χ2n) is 5.86. The maximum atomic E-state index is 13.3. The largest absolute Gasteiger partial charge is 0.367 e. The zero-order valence-electron chi connectivity index (χ0n) is 12.6. The van der Waals surface area contributed by atoms with Gasteiger partial charge in [0.2, 0.25) is 0 Å². The summed E-state index contributed by atoms with van der Waals surface area (Å²) in [5.74, 6) is 0.916. The number of piperidine rings is 1. The predicted octanol–water partition coefficient (Wildman–Crippen LogP) is 2.96. The lowest BCUT2D eigenvalue weighted by Crippen LogP contribution is -2.53. The van der Waals surface area contributed by atoms with Gasteiger partial charge in [-0.2, -0.15) is 0 Å². The highest BCUT2D eigenvalue weighted by molar-refractivity contribution is 5.61. The van der Waals surface area contributed by atoms with Gasteiger partial charge in [0.1, 0.15) is 0 Å². The van der Waals surface area contributed by atoms with Gasteiger partial charge in [0.05, 0.1) is 23.1 Å². The lowest BCUT2D eigenvalue weighted by Gasteiger charge is -2.38. The third-order valence-corrected chi connectivity index (χ3v) is 4.14. The van der Waals surface area contributed by atoms with E-state index in [1.807, 2.05) is 6.07 Å². The van der Waals surface area contributed by atoms with Crippen molar-refractivity contribution in [2.24, 2.45) is 5.73 Å². The van der Waals surface area contributed by atoms with Gasteiger partial charge in [-0.05, 0) is 43.2 Å². The Hall–Kier alpha value is -2.45. The predicted molar refractivity (Wildman–Crippen MR) is 86.8 cm³/mol. The van der Waals surface area contributed by atoms with Gasteiger partial charge in [0, 0.05) is 18.7 Å². The van der Waals surface area contributed by atoms with E-state index in [9.17, 15) is 8.78 Å². The molecule has 2 N–H and O–H groups in total. The minimum Gasteiger partial charge on any atom is -0.367 e. The average Bonchev–Trinajstić information content (AvgIpc) is 2.58. The Bertz CT molecular complexity index is 752. The van der Waals surface area contributed by atoms with Crippen LogP contribution in [-0.2, 0) is 0 Å². The van der Waals surface area contributed by atoms with Crippen LogP contribution in [0.3, 0.4) is 0 Å². The highest BCUT2D eigenvalue weighted by Gasteiger charge is 2.29. The molecule has 0 aliphatic carbocycles. The molecule has 23 heavy (non-hydrogen) atoms. The van der Waals surface area contributed by atoms with Crippen LogP contribution in [0.4, 0.5) is 14.5 Å². The van der Waals surface area contributed by atoms with Gasteiger partial charge in [-0.1, -0.05) is 5.92 Å². The number of hydrogen-bond acceptors (Lipinski definition) is 3. The number of hydrogen-bond donors (Lipinski definition) is 1. The summed E-state index contributed by atoms with van der Waals surface area (Å²) in [6.45, 7) is 1.45. The SMILES string of the molecule is C#CC1(N)CCCN(c2ccc(-c3ccc(F)c(F)c3)nc2)C1. The molecule has 1 unspecified atom stereocenters. The van der Waals surface area contributed by atoms with Crippen LogP contribution in [0.1, 0.15) is 12.8 Å². The number of aromatic nitrogens is 1. The summed E-state index contributed by atoms with van der Waals surface area (Å²) in [6.07, 6.45) is 8.96. The third kappa shape index (κ3) is 3.17. The molecule has 0 spiro atoms. The van der Waals surface area contributed by atoms with Gasteiger partial charge < -0.3 is 10.6 Å². The van der Waals surface area contributed by atoms with E-state index >= 15 is 0 Å². The van der Waals surface area contributed by atoms with Crippen LogP contribution in [0.5, 0.6) is 0 Å². The first-order valence-electron chi connectivity index (χ1n) is 7.44. The Balaban J connectivity index is 1.82. The fourth-order valence-corrected chi connectivity index (χ4v) is 2.82. The third-order valence-electron chi connectivity index (χ3n) is 4.14. The topological polar surface area (TPSA) is 42.1 Å². The van der Waals surface area contributed by atoms with E-state index < -0.39 is 17.2 Å². The number of terminal acetylenes is 1. The molecule has 1 aromatic heterocycles. The maximum Gasteiger partial charge on any atom is 0.159 e. The Morgan fingerprint density at radius 2 is 2.04 bits per heavy atom. The summed E-state index contributed by atoms with van der Waals surface area (Å²) >= 11 is 0. The molecule has 1 aliphatic heterocycles. The van der Waals surface area contributed by atoms with E-state index in [0.717, 1.165) is 37.2 Å². The Morgan fingerprint density at radius 3 is 2.70 bits per heavy atom. The molecule has 1 atom stereocenters. The molecule has 0 radical (unpaired) electrons. The van der Waals surface area contributed by atoms with Gasteiger partial charge in [0.25, 0.3) is 0 Å². The Morgan fingerprint density at radius 1 is 1.22 bits per heavy atom. The van der Waals surface area contributed by atoms with Crippen LogP contribution < -0.4 is 10.6 Å². The molecule has 118 valence electrons. The van der Waals surface area contributed by atoms with E-state index in [0.29, 0.717) is 17.8 Å². The number of rotatable bonds is 2. The van der Waals surface area contributed by atoms with E-state index in [-0.39, 0.29) is 0 Å². The van der Waals surface area contributed by atoms with Crippen molar-refractivity contribution in [1.29, 1.82) is 0 Å². The molecule has 2 aromatic rings. The molecule has 0 saturated carbocycles. The molecule has 1 aromatic carbocycles. The summed E-state index contributed by atoms with van der Waals surface area (Å²) in [5, 5.41) is 0. The van der Waals surface area contributed by atoms with Crippen molar-refractivity contribution in [3.8, 4) is 23.6 Å². The fourth-order valence-electron chi connectivity index (χ4n) is 2.82. The molecule has 3 rings (SSSR count). The van der Waals surface area contributed by atoms with E-state index in [1.54, 1.807) is 12.3 Å². The van der Waals surface area contributed by atoms with E-state index in [1.165, 1.54) is 6.07 Å². The van der Waals surface area contributed by atoms with Crippen LogP contribution in [0.2, 0.25) is 0 Å². The number of anilines is 1. The van der Waals surface area contributed by atoms with Gasteiger partial charge in [0.15, 0.2) is 11.6 Å². The second kappa shape index (κ2) is 5.98. The molecule has 5 heteroatoms. The molecule has 0 bridgehead atoms. The van der Waals surface area contributed by atoms with Gasteiger partial charge in [-0.25, -0.2) is 8.78 Å². The van der Waals surface area contributed by atoms with E-state index in [2.05, 4.69) is 15.8 Å². The van der Waals surface area contributed by atoms with Crippen molar-refractivity contribution in [2.45, 2.75) is 18.4 Å². The summed E-state index contributed by atoms with van der Waals surface area (Å²) in [4.78, 5) is 6.45. The van der Waals surface area contributed by atoms with Crippen molar-refractivity contribution in [3.05, 3.63) is 48.2 Å². The molecule has 1 fully saturated rings. The zero-order chi connectivity index (χ0) is 16.4. The molecule has 1 saturated heterocycles. The quantitative estimate of drug-likeness (QED) is 0.867. The van der Waals surface area contributed by atoms with Gasteiger partial charge >= 0.3 is 0 Å². The number of benzene rings is 1. The minimum atomic E-state index is -0.883. The van der Waals surface area contributed by atoms with Crippen molar-refractivity contribution < 1.29 is 8.78 Å². The summed E-state index contributed by atoms with van der Waals surface area (Å²) in [7, 11) is 0. The van der Waals surface area contributed by atoms with Crippen LogP contribution in [0.15, 0.2) is 36.5 Å². The second-order valence-corrected chi connectivity index (χ2v) is 5.86. The van der Waals surface area contributed by atoms with Crippen molar-refractivity contribution in [1.82, 2.24) is 4.98 Å². The Kier molecular flexibility index (Phi) is 4.01. The molecular formula is C18H17F2N3. The molecule has 3 nitrogen and oxygen atoms in total. The summed E-state index contributed by atoms with van der Waals surface area (Å²) < 4.78 is 26.3. The monoisotopic (exact) mass is 313 g/mol. The fraction of sp³-hybridized carbons (Fsp3) is 0.278. The van der Waals surface area contributed by atoms with Crippen molar-refractivity contribution >= 4 is 5.69 Å². The summed E-state index contributed by atoms with van der Waals surface area (Å²) in [5.41, 5.74) is 7.58. The van der Waals surface area contributed by atoms with Crippen molar-refractivity contribution in [3.63, 3.8) is 0 Å². The van der Waals surface area contributed by atoms with Gasteiger partial charge in [-0.15, -0.1) is 6.42 Å². The number of pyridine rings is 1. The molecule has 1 aliphatic rings. The smallest absolute Gasteiger partial charge is 0.159 e. The Labute approximate surface area is 134 Å². The summed E-state index contributed by atoms with van der Waals surface area (Å²) in [6, 6.07) is 7.42. The molecule has 0 amide bonds. The first-order valence-corrected chi connectivity index (χ1v) is 7.44. The lowest BCUT2D eigenvalue weighted by atomic mass is 9.91. The maximum absolute atomic E-state index is 13.3. The first-order chi connectivity index (χ1) is 11.0. The van der Waals surface area contributed by atoms with Crippen LogP contribution in [-0.4, -0.2) is 23.6 Å². The zero-order valence-corrected chi connectivity index (χ0v) is 12.6. The average molecular weight is 313 g/mol. The van der Waals surface area contributed by atoms with E-state index in [4.69, 9.17) is 12.2 Å². The van der Waals surface area contributed by atoms with Gasteiger partial charge in [-0.3, -0.25) is 4.98 Å². The number of nitrogens with zero attached hydrogens (tertiary/aromatic N) is 2. The highest BCUT2D eigenvalue weighted by Crippen LogP contribution is 2.26. The van der Waals surface area contributed by atoms with Crippen LogP contribution in [0.25, 0.3) is 11.3 Å². The van der Waals surface area contributed by atoms with Crippen LogP contribution >= 0.6 is 0 Å². The van der Waals surface area contributed by atoms with Crippen molar-refractivity contribution in [2.75, 3.05) is 18.0 Å². The molecule has 2 heterocycles. The first kappa shape index (κ1) is 15.4. The molecular weight excluding hydrogens is 296 g/mol. The lowest BCUT2D eigenvalue weighted by molar-refractivity contribution is 0.428. The van der Waals surface area contributed by atoms with Crippen LogP contribution in [0, 0.1) is 24.0 Å². The minimum absolute atomic E-state index is 0.533. The number of halogens is 2. The number of nitrogens with two attached hydrogens (primary N) is 1. The standard InChI is InChI=1S/C18H17F2N3/c1-2-18(21)8-3-9-23(12-18)14-5-7-17(22-11-14)13-4-6-15(19)16(20)10-13/h1,4-7,10-11H,3,8-9,12,21H2. The normalized spacial score (nSPS) is 21.0.